The van der Waals surface area contributed by atoms with Crippen molar-refractivity contribution in [2.24, 2.45) is 0 Å². The fraction of sp³-hybridized carbons (Fsp3) is 0.158. The first-order chi connectivity index (χ1) is 11.9. The molecule has 0 amide bonds. The third kappa shape index (κ3) is 4.44. The maximum absolute atomic E-state index is 12.9. The van der Waals surface area contributed by atoms with Gasteiger partial charge in [0.2, 0.25) is 0 Å². The minimum Gasteiger partial charge on any atom is -0.496 e. The fourth-order valence-corrected chi connectivity index (χ4v) is 3.86. The van der Waals surface area contributed by atoms with Crippen LogP contribution >= 0.6 is 11.6 Å². The van der Waals surface area contributed by atoms with Crippen molar-refractivity contribution in [1.82, 2.24) is 4.31 Å². The molecule has 2 aromatic rings. The maximum atomic E-state index is 12.9. The Morgan fingerprint density at radius 1 is 1.20 bits per heavy atom. The normalized spacial score (nSPS) is 11.9. The minimum atomic E-state index is -3.74. The van der Waals surface area contributed by atoms with Crippen molar-refractivity contribution in [2.45, 2.75) is 11.8 Å². The third-order valence-corrected chi connectivity index (χ3v) is 5.60. The molecule has 0 unspecified atom stereocenters. The quantitative estimate of drug-likeness (QED) is 0.671. The van der Waals surface area contributed by atoms with Gasteiger partial charge in [-0.3, -0.25) is 4.31 Å². The van der Waals surface area contributed by atoms with Crippen LogP contribution in [0.5, 0.6) is 5.75 Å². The van der Waals surface area contributed by atoms with Crippen LogP contribution in [0.15, 0.2) is 72.3 Å². The van der Waals surface area contributed by atoms with Gasteiger partial charge in [0.15, 0.2) is 0 Å². The Hall–Kier alpha value is -2.24. The van der Waals surface area contributed by atoms with E-state index < -0.39 is 10.0 Å². The maximum Gasteiger partial charge on any atom is 0.264 e. The van der Waals surface area contributed by atoms with E-state index in [1.54, 1.807) is 42.5 Å². The van der Waals surface area contributed by atoms with Crippen LogP contribution in [-0.2, 0) is 10.0 Å². The Kier molecular flexibility index (Phi) is 6.28. The minimum absolute atomic E-state index is 0.0988. The van der Waals surface area contributed by atoms with Crippen molar-refractivity contribution in [2.75, 3.05) is 13.7 Å². The fourth-order valence-electron chi connectivity index (χ4n) is 2.23. The first-order valence-electron chi connectivity index (χ1n) is 7.60. The van der Waals surface area contributed by atoms with Crippen LogP contribution < -0.4 is 4.74 Å². The van der Waals surface area contributed by atoms with E-state index in [-0.39, 0.29) is 16.5 Å². The second-order valence-corrected chi connectivity index (χ2v) is 7.65. The number of benzene rings is 2. The van der Waals surface area contributed by atoms with E-state index in [1.807, 2.05) is 13.0 Å². The van der Waals surface area contributed by atoms with Gasteiger partial charge in [-0.15, -0.1) is 6.58 Å². The van der Waals surface area contributed by atoms with Gasteiger partial charge in [-0.25, -0.2) is 8.42 Å². The molecule has 0 aliphatic carbocycles. The van der Waals surface area contributed by atoms with E-state index in [9.17, 15) is 8.42 Å². The molecule has 6 heteroatoms. The SMILES string of the molecule is C=CCN(/C=C(\Cl)c1ccccc1OC)S(=O)(=O)c1ccc(C)cc1. The van der Waals surface area contributed by atoms with Gasteiger partial charge in [-0.2, -0.15) is 0 Å². The summed E-state index contributed by atoms with van der Waals surface area (Å²) < 4.78 is 32.2. The van der Waals surface area contributed by atoms with Gasteiger partial charge >= 0.3 is 0 Å². The van der Waals surface area contributed by atoms with E-state index in [2.05, 4.69) is 6.58 Å². The number of aryl methyl sites for hydroxylation is 1. The van der Waals surface area contributed by atoms with Crippen molar-refractivity contribution >= 4 is 26.7 Å². The summed E-state index contributed by atoms with van der Waals surface area (Å²) in [5.41, 5.74) is 1.59. The lowest BCUT2D eigenvalue weighted by Gasteiger charge is -2.20. The molecule has 0 N–H and O–H groups in total. The molecule has 0 aliphatic rings. The molecule has 2 aromatic carbocycles. The van der Waals surface area contributed by atoms with Gasteiger partial charge in [0.25, 0.3) is 10.0 Å². The van der Waals surface area contributed by atoms with Crippen LogP contribution in [0.4, 0.5) is 0 Å². The number of methoxy groups -OCH3 is 1. The highest BCUT2D eigenvalue weighted by atomic mass is 35.5. The Morgan fingerprint density at radius 2 is 1.84 bits per heavy atom. The largest absolute Gasteiger partial charge is 0.496 e. The molecule has 132 valence electrons. The summed E-state index contributed by atoms with van der Waals surface area (Å²) in [6.07, 6.45) is 2.89. The highest BCUT2D eigenvalue weighted by Gasteiger charge is 2.21. The topological polar surface area (TPSA) is 46.6 Å². The summed E-state index contributed by atoms with van der Waals surface area (Å²) in [7, 11) is -2.21. The molecule has 2 rings (SSSR count). The predicted octanol–water partition coefficient (Wildman–Crippen LogP) is 4.42. The summed E-state index contributed by atoms with van der Waals surface area (Å²) in [5, 5.41) is 0.259. The molecule has 25 heavy (non-hydrogen) atoms. The molecule has 0 aromatic heterocycles. The molecular formula is C19H20ClNO3S. The highest BCUT2D eigenvalue weighted by molar-refractivity contribution is 7.89. The van der Waals surface area contributed by atoms with E-state index in [0.29, 0.717) is 11.3 Å². The summed E-state index contributed by atoms with van der Waals surface area (Å²) in [4.78, 5) is 0.195. The zero-order valence-corrected chi connectivity index (χ0v) is 15.7. The van der Waals surface area contributed by atoms with Crippen LogP contribution in [-0.4, -0.2) is 26.4 Å². The Morgan fingerprint density at radius 3 is 2.44 bits per heavy atom. The number of para-hydroxylation sites is 1. The second kappa shape index (κ2) is 8.23. The zero-order valence-electron chi connectivity index (χ0n) is 14.1. The standard InChI is InChI=1S/C19H20ClNO3S/c1-4-13-21(25(22,23)16-11-9-15(2)10-12-16)14-18(20)17-7-5-6-8-19(17)24-3/h4-12,14H,1,13H2,2-3H3/b18-14-. The third-order valence-electron chi connectivity index (χ3n) is 3.56. The van der Waals surface area contributed by atoms with Crippen molar-refractivity contribution in [3.8, 4) is 5.75 Å². The Labute approximate surface area is 154 Å². The molecule has 0 heterocycles. The smallest absolute Gasteiger partial charge is 0.264 e. The summed E-state index contributed by atoms with van der Waals surface area (Å²) in [5.74, 6) is 0.565. The lowest BCUT2D eigenvalue weighted by atomic mass is 10.2. The van der Waals surface area contributed by atoms with Crippen LogP contribution in [0.1, 0.15) is 11.1 Å². The van der Waals surface area contributed by atoms with E-state index in [4.69, 9.17) is 16.3 Å². The van der Waals surface area contributed by atoms with E-state index in [1.165, 1.54) is 23.7 Å². The van der Waals surface area contributed by atoms with Gasteiger partial charge in [0.1, 0.15) is 5.75 Å². The Bertz CT molecular complexity index is 874. The number of hydrogen-bond acceptors (Lipinski definition) is 3. The molecule has 0 saturated carbocycles. The molecule has 0 fully saturated rings. The molecule has 0 aliphatic heterocycles. The van der Waals surface area contributed by atoms with Gasteiger partial charge in [0.05, 0.1) is 23.6 Å². The number of nitrogens with zero attached hydrogens (tertiary/aromatic N) is 1. The number of ether oxygens (including phenoxy) is 1. The van der Waals surface area contributed by atoms with Crippen LogP contribution in [0.3, 0.4) is 0 Å². The van der Waals surface area contributed by atoms with Gasteiger partial charge in [-0.1, -0.05) is 47.5 Å². The van der Waals surface area contributed by atoms with Crippen LogP contribution in [0.25, 0.3) is 5.03 Å². The molecular weight excluding hydrogens is 358 g/mol. The summed E-state index contributed by atoms with van der Waals surface area (Å²) >= 11 is 6.38. The predicted molar refractivity (Wildman–Crippen MR) is 102 cm³/mol. The number of hydrogen-bond donors (Lipinski definition) is 0. The second-order valence-electron chi connectivity index (χ2n) is 5.35. The molecule has 0 saturated heterocycles. The van der Waals surface area contributed by atoms with E-state index in [0.717, 1.165) is 5.56 Å². The van der Waals surface area contributed by atoms with Gasteiger partial charge in [-0.05, 0) is 31.2 Å². The Balaban J connectivity index is 2.46. The summed E-state index contributed by atoms with van der Waals surface area (Å²) in [6, 6.07) is 13.8. The van der Waals surface area contributed by atoms with Crippen molar-refractivity contribution in [3.05, 3.63) is 78.5 Å². The van der Waals surface area contributed by atoms with Crippen molar-refractivity contribution < 1.29 is 13.2 Å². The molecule has 0 bridgehead atoms. The molecule has 0 atom stereocenters. The van der Waals surface area contributed by atoms with Crippen LogP contribution in [0.2, 0.25) is 0 Å². The summed E-state index contributed by atoms with van der Waals surface area (Å²) in [6.45, 7) is 5.63. The lowest BCUT2D eigenvalue weighted by Crippen LogP contribution is -2.26. The zero-order chi connectivity index (χ0) is 18.4. The van der Waals surface area contributed by atoms with Crippen LogP contribution in [0, 0.1) is 6.92 Å². The molecule has 4 nitrogen and oxygen atoms in total. The lowest BCUT2D eigenvalue weighted by molar-refractivity contribution is 0.413. The van der Waals surface area contributed by atoms with Crippen molar-refractivity contribution in [1.29, 1.82) is 0 Å². The van der Waals surface area contributed by atoms with E-state index >= 15 is 0 Å². The average molecular weight is 378 g/mol. The number of rotatable bonds is 7. The first kappa shape index (κ1) is 19.1. The van der Waals surface area contributed by atoms with Crippen molar-refractivity contribution in [3.63, 3.8) is 0 Å². The van der Waals surface area contributed by atoms with Gasteiger partial charge < -0.3 is 4.74 Å². The monoisotopic (exact) mass is 377 g/mol. The average Bonchev–Trinajstić information content (AvgIpc) is 2.61. The molecule has 0 radical (unpaired) electrons. The highest BCUT2D eigenvalue weighted by Crippen LogP contribution is 2.30. The van der Waals surface area contributed by atoms with Gasteiger partial charge in [0, 0.05) is 11.8 Å². The molecule has 0 spiro atoms. The number of halogens is 1. The number of sulfonamides is 1. The first-order valence-corrected chi connectivity index (χ1v) is 9.42.